The molecule has 3 rings (SSSR count). The van der Waals surface area contributed by atoms with Gasteiger partial charge in [-0.25, -0.2) is 0 Å². The molecule has 20 heavy (non-hydrogen) atoms. The van der Waals surface area contributed by atoms with Gasteiger partial charge in [-0.15, -0.1) is 0 Å². The molecule has 1 aliphatic rings. The summed E-state index contributed by atoms with van der Waals surface area (Å²) in [5.74, 6) is 0.718. The zero-order valence-electron chi connectivity index (χ0n) is 11.4. The molecule has 0 saturated carbocycles. The second kappa shape index (κ2) is 5.38. The summed E-state index contributed by atoms with van der Waals surface area (Å²) < 4.78 is 0. The Bertz CT molecular complexity index is 630. The van der Waals surface area contributed by atoms with Gasteiger partial charge in [-0.3, -0.25) is 0 Å². The van der Waals surface area contributed by atoms with E-state index in [-0.39, 0.29) is 0 Å². The van der Waals surface area contributed by atoms with Gasteiger partial charge in [0.15, 0.2) is 0 Å². The van der Waals surface area contributed by atoms with Crippen LogP contribution in [-0.4, -0.2) is 18.2 Å². The number of hydrogen-bond acceptors (Lipinski definition) is 4. The summed E-state index contributed by atoms with van der Waals surface area (Å²) in [4.78, 5) is 4.61. The van der Waals surface area contributed by atoms with Gasteiger partial charge in [-0.2, -0.15) is 0 Å². The van der Waals surface area contributed by atoms with E-state index >= 15 is 0 Å². The molecule has 2 aromatic carbocycles. The van der Waals surface area contributed by atoms with Gasteiger partial charge in [-0.05, 0) is 42.8 Å². The maximum atomic E-state index is 9.70. The van der Waals surface area contributed by atoms with Gasteiger partial charge in [0, 0.05) is 16.3 Å². The molecule has 0 aliphatic carbocycles. The van der Waals surface area contributed by atoms with Crippen molar-refractivity contribution in [1.29, 1.82) is 0 Å². The standard InChI is InChI=1S/C16H18N2OS/c1-11(9-17)10-18-13-4-2-3-5-15(13)20-16-8-12(19)6-7-14(16)18/h2-8,11,19H,9-10,17H2,1H3. The lowest BCUT2D eigenvalue weighted by Crippen LogP contribution is -2.29. The van der Waals surface area contributed by atoms with Gasteiger partial charge in [0.25, 0.3) is 0 Å². The molecule has 3 nitrogen and oxygen atoms in total. The van der Waals surface area contributed by atoms with Gasteiger partial charge in [-0.1, -0.05) is 30.8 Å². The van der Waals surface area contributed by atoms with Crippen LogP contribution in [0.3, 0.4) is 0 Å². The van der Waals surface area contributed by atoms with Crippen molar-refractivity contribution in [2.45, 2.75) is 16.7 Å². The molecule has 1 unspecified atom stereocenters. The third kappa shape index (κ3) is 2.37. The Kier molecular flexibility index (Phi) is 3.59. The van der Waals surface area contributed by atoms with E-state index in [9.17, 15) is 5.11 Å². The summed E-state index contributed by atoms with van der Waals surface area (Å²) in [6.07, 6.45) is 0. The number of phenolic OH excluding ortho intramolecular Hbond substituents is 1. The zero-order chi connectivity index (χ0) is 14.1. The Labute approximate surface area is 123 Å². The number of nitrogens with two attached hydrogens (primary N) is 1. The van der Waals surface area contributed by atoms with Gasteiger partial charge >= 0.3 is 0 Å². The van der Waals surface area contributed by atoms with Gasteiger partial charge in [0.05, 0.1) is 11.4 Å². The number of aromatic hydroxyl groups is 1. The second-order valence-electron chi connectivity index (χ2n) is 5.17. The predicted molar refractivity (Wildman–Crippen MR) is 83.9 cm³/mol. The Morgan fingerprint density at radius 1 is 1.15 bits per heavy atom. The van der Waals surface area contributed by atoms with E-state index in [1.54, 1.807) is 17.8 Å². The predicted octanol–water partition coefficient (Wildman–Crippen LogP) is 3.59. The molecular formula is C16H18N2OS. The van der Waals surface area contributed by atoms with Crippen LogP contribution < -0.4 is 10.6 Å². The van der Waals surface area contributed by atoms with Gasteiger partial charge in [0.2, 0.25) is 0 Å². The molecule has 0 radical (unpaired) electrons. The van der Waals surface area contributed by atoms with Crippen LogP contribution in [0.25, 0.3) is 0 Å². The van der Waals surface area contributed by atoms with E-state index in [4.69, 9.17) is 5.73 Å². The quantitative estimate of drug-likeness (QED) is 0.905. The number of fused-ring (bicyclic) bond motifs is 2. The first-order valence-electron chi connectivity index (χ1n) is 6.76. The topological polar surface area (TPSA) is 49.5 Å². The molecule has 1 atom stereocenters. The average molecular weight is 286 g/mol. The van der Waals surface area contributed by atoms with Crippen molar-refractivity contribution in [2.75, 3.05) is 18.0 Å². The fourth-order valence-corrected chi connectivity index (χ4v) is 3.53. The molecule has 4 heteroatoms. The van der Waals surface area contributed by atoms with Crippen molar-refractivity contribution >= 4 is 23.1 Å². The number of para-hydroxylation sites is 1. The van der Waals surface area contributed by atoms with Crippen LogP contribution in [0.1, 0.15) is 6.92 Å². The lowest BCUT2D eigenvalue weighted by molar-refractivity contribution is 0.473. The molecule has 0 fully saturated rings. The minimum atomic E-state index is 0.308. The second-order valence-corrected chi connectivity index (χ2v) is 6.26. The smallest absolute Gasteiger partial charge is 0.116 e. The highest BCUT2D eigenvalue weighted by molar-refractivity contribution is 7.99. The zero-order valence-corrected chi connectivity index (χ0v) is 12.2. The minimum absolute atomic E-state index is 0.308. The Balaban J connectivity index is 2.07. The fourth-order valence-electron chi connectivity index (χ4n) is 2.41. The van der Waals surface area contributed by atoms with Crippen molar-refractivity contribution in [1.82, 2.24) is 0 Å². The third-order valence-electron chi connectivity index (χ3n) is 3.51. The van der Waals surface area contributed by atoms with Crippen molar-refractivity contribution in [2.24, 2.45) is 11.7 Å². The number of nitrogens with zero attached hydrogens (tertiary/aromatic N) is 1. The summed E-state index contributed by atoms with van der Waals surface area (Å²) >= 11 is 1.70. The number of hydrogen-bond donors (Lipinski definition) is 2. The van der Waals surface area contributed by atoms with Crippen molar-refractivity contribution in [3.63, 3.8) is 0 Å². The lowest BCUT2D eigenvalue weighted by atomic mass is 10.1. The highest BCUT2D eigenvalue weighted by atomic mass is 32.2. The molecule has 2 aromatic rings. The Morgan fingerprint density at radius 3 is 2.70 bits per heavy atom. The van der Waals surface area contributed by atoms with E-state index in [1.165, 1.54) is 10.6 Å². The van der Waals surface area contributed by atoms with E-state index in [2.05, 4.69) is 30.0 Å². The molecule has 3 N–H and O–H groups in total. The third-order valence-corrected chi connectivity index (χ3v) is 4.62. The Hall–Kier alpha value is -1.65. The SMILES string of the molecule is CC(CN)CN1c2ccccc2Sc2cc(O)ccc21. The number of anilines is 2. The molecule has 0 saturated heterocycles. The molecule has 0 spiro atoms. The van der Waals surface area contributed by atoms with Crippen LogP contribution in [0.15, 0.2) is 52.3 Å². The fraction of sp³-hybridized carbons (Fsp3) is 0.250. The summed E-state index contributed by atoms with van der Waals surface area (Å²) in [5.41, 5.74) is 8.15. The van der Waals surface area contributed by atoms with Crippen LogP contribution >= 0.6 is 11.8 Å². The normalized spacial score (nSPS) is 14.6. The minimum Gasteiger partial charge on any atom is -0.508 e. The van der Waals surface area contributed by atoms with E-state index < -0.39 is 0 Å². The number of benzene rings is 2. The maximum Gasteiger partial charge on any atom is 0.116 e. The van der Waals surface area contributed by atoms with E-state index in [0.717, 1.165) is 17.1 Å². The van der Waals surface area contributed by atoms with E-state index in [1.807, 2.05) is 18.2 Å². The summed E-state index contributed by atoms with van der Waals surface area (Å²) in [6.45, 7) is 3.70. The molecule has 0 bridgehead atoms. The number of phenols is 1. The molecule has 1 heterocycles. The molecule has 0 aromatic heterocycles. The molecule has 1 aliphatic heterocycles. The summed E-state index contributed by atoms with van der Waals surface area (Å²) in [7, 11) is 0. The highest BCUT2D eigenvalue weighted by Gasteiger charge is 2.24. The summed E-state index contributed by atoms with van der Waals surface area (Å²) in [6, 6.07) is 13.9. The van der Waals surface area contributed by atoms with Crippen LogP contribution in [0, 0.1) is 5.92 Å². The first kappa shape index (κ1) is 13.3. The van der Waals surface area contributed by atoms with Gasteiger partial charge in [0.1, 0.15) is 5.75 Å². The van der Waals surface area contributed by atoms with Crippen molar-refractivity contribution in [3.8, 4) is 5.75 Å². The monoisotopic (exact) mass is 286 g/mol. The first-order chi connectivity index (χ1) is 9.69. The summed E-state index contributed by atoms with van der Waals surface area (Å²) in [5, 5.41) is 9.70. The molecule has 104 valence electrons. The first-order valence-corrected chi connectivity index (χ1v) is 7.58. The lowest BCUT2D eigenvalue weighted by Gasteiger charge is -2.34. The Morgan fingerprint density at radius 2 is 1.90 bits per heavy atom. The maximum absolute atomic E-state index is 9.70. The highest BCUT2D eigenvalue weighted by Crippen LogP contribution is 2.49. The molecule has 0 amide bonds. The van der Waals surface area contributed by atoms with Gasteiger partial charge < -0.3 is 15.7 Å². The van der Waals surface area contributed by atoms with Crippen LogP contribution in [-0.2, 0) is 0 Å². The van der Waals surface area contributed by atoms with Crippen LogP contribution in [0.5, 0.6) is 5.75 Å². The number of rotatable bonds is 3. The van der Waals surface area contributed by atoms with Crippen molar-refractivity contribution < 1.29 is 5.11 Å². The van der Waals surface area contributed by atoms with Crippen LogP contribution in [0.2, 0.25) is 0 Å². The average Bonchev–Trinajstić information content (AvgIpc) is 2.46. The van der Waals surface area contributed by atoms with Crippen molar-refractivity contribution in [3.05, 3.63) is 42.5 Å². The molecular weight excluding hydrogens is 268 g/mol. The van der Waals surface area contributed by atoms with Crippen LogP contribution in [0.4, 0.5) is 11.4 Å². The largest absolute Gasteiger partial charge is 0.508 e. The van der Waals surface area contributed by atoms with E-state index in [0.29, 0.717) is 18.2 Å².